The SMILES string of the molecule is c1ccc([Si](c2ccccc2)(c2ccccc2)c2ccc(N(c3ccc(-c4ccc(-n5c6ccccc6c6ccccc65)cc4)cc3)c3ccc(-c4ccc5c6cccc7c8ccccc8n(c5c4)c76)cc3)cc2)cc1. The normalized spacial score (nSPS) is 11.9. The van der Waals surface area contributed by atoms with Crippen molar-refractivity contribution < 1.29 is 0 Å². The number of fused-ring (bicyclic) bond motifs is 9. The molecule has 0 aliphatic carbocycles. The van der Waals surface area contributed by atoms with Crippen molar-refractivity contribution in [2.24, 2.45) is 0 Å². The van der Waals surface area contributed by atoms with Gasteiger partial charge in [0.15, 0.2) is 8.07 Å². The van der Waals surface area contributed by atoms with Crippen LogP contribution >= 0.6 is 0 Å². The summed E-state index contributed by atoms with van der Waals surface area (Å²) in [6.45, 7) is 0. The van der Waals surface area contributed by atoms with Crippen molar-refractivity contribution >= 4 is 106 Å². The van der Waals surface area contributed by atoms with Gasteiger partial charge in [-0.15, -0.1) is 0 Å². The van der Waals surface area contributed by atoms with Crippen molar-refractivity contribution in [3.63, 3.8) is 0 Å². The van der Waals surface area contributed by atoms with E-state index in [1.807, 2.05) is 0 Å². The van der Waals surface area contributed by atoms with Crippen LogP contribution in [0.15, 0.2) is 297 Å². The average molecular weight is 984 g/mol. The molecule has 0 saturated carbocycles. The summed E-state index contributed by atoms with van der Waals surface area (Å²) >= 11 is 0. The lowest BCUT2D eigenvalue weighted by molar-refractivity contribution is 1.18. The first-order chi connectivity index (χ1) is 37.7. The first-order valence-corrected chi connectivity index (χ1v) is 28.2. The monoisotopic (exact) mass is 983 g/mol. The van der Waals surface area contributed by atoms with Gasteiger partial charge in [0.2, 0.25) is 0 Å². The zero-order valence-corrected chi connectivity index (χ0v) is 42.6. The van der Waals surface area contributed by atoms with Gasteiger partial charge < -0.3 is 13.9 Å². The minimum atomic E-state index is -2.73. The van der Waals surface area contributed by atoms with Crippen LogP contribution in [-0.2, 0) is 0 Å². The number of rotatable bonds is 10. The Kier molecular flexibility index (Phi) is 10.2. The predicted molar refractivity (Wildman–Crippen MR) is 325 cm³/mol. The van der Waals surface area contributed by atoms with E-state index in [0.717, 1.165) is 22.7 Å². The molecule has 0 amide bonds. The molecule has 15 rings (SSSR count). The Balaban J connectivity index is 0.833. The highest BCUT2D eigenvalue weighted by Gasteiger charge is 2.41. The maximum Gasteiger partial charge on any atom is 0.179 e. The van der Waals surface area contributed by atoms with Crippen LogP contribution in [-0.4, -0.2) is 17.0 Å². The van der Waals surface area contributed by atoms with Gasteiger partial charge in [-0.3, -0.25) is 0 Å². The number of aromatic nitrogens is 2. The molecule has 356 valence electrons. The second-order valence-corrected chi connectivity index (χ2v) is 23.8. The highest BCUT2D eigenvalue weighted by molar-refractivity contribution is 7.19. The number of hydrogen-bond acceptors (Lipinski definition) is 1. The van der Waals surface area contributed by atoms with Gasteiger partial charge in [0.1, 0.15) is 0 Å². The minimum Gasteiger partial charge on any atom is -0.311 e. The molecule has 0 radical (unpaired) electrons. The fourth-order valence-electron chi connectivity index (χ4n) is 12.6. The third kappa shape index (κ3) is 6.81. The van der Waals surface area contributed by atoms with E-state index in [-0.39, 0.29) is 0 Å². The van der Waals surface area contributed by atoms with Crippen molar-refractivity contribution in [2.75, 3.05) is 4.90 Å². The molecule has 12 aromatic carbocycles. The van der Waals surface area contributed by atoms with E-state index in [0.29, 0.717) is 0 Å². The van der Waals surface area contributed by atoms with Crippen LogP contribution in [0.3, 0.4) is 0 Å². The summed E-state index contributed by atoms with van der Waals surface area (Å²) in [5.74, 6) is 0. The molecule has 0 aliphatic heterocycles. The molecule has 0 atom stereocenters. The lowest BCUT2D eigenvalue weighted by atomic mass is 10.0. The van der Waals surface area contributed by atoms with Gasteiger partial charge in [0.05, 0.1) is 27.6 Å². The fraction of sp³-hybridized carbons (Fsp3) is 0. The van der Waals surface area contributed by atoms with E-state index in [2.05, 4.69) is 311 Å². The molecular formula is C72H49N3Si. The Morgan fingerprint density at radius 1 is 0.250 bits per heavy atom. The van der Waals surface area contributed by atoms with Crippen molar-refractivity contribution in [3.05, 3.63) is 297 Å². The Morgan fingerprint density at radius 2 is 0.605 bits per heavy atom. The van der Waals surface area contributed by atoms with Gasteiger partial charge in [0, 0.05) is 55.1 Å². The zero-order chi connectivity index (χ0) is 50.2. The second kappa shape index (κ2) is 17.7. The molecule has 0 spiro atoms. The molecule has 0 saturated heterocycles. The van der Waals surface area contributed by atoms with E-state index in [1.54, 1.807) is 0 Å². The summed E-state index contributed by atoms with van der Waals surface area (Å²) in [6, 6.07) is 110. The summed E-state index contributed by atoms with van der Waals surface area (Å²) in [6.07, 6.45) is 0. The lowest BCUT2D eigenvalue weighted by Crippen LogP contribution is -2.74. The van der Waals surface area contributed by atoms with E-state index in [1.165, 1.54) is 103 Å². The Labute approximate surface area is 442 Å². The largest absolute Gasteiger partial charge is 0.311 e. The predicted octanol–water partition coefficient (Wildman–Crippen LogP) is 16.1. The molecule has 0 bridgehead atoms. The molecule has 0 fully saturated rings. The topological polar surface area (TPSA) is 12.6 Å². The maximum absolute atomic E-state index is 2.73. The first kappa shape index (κ1) is 43.8. The standard InChI is InChI=1S/C72H49N3Si/c1-4-17-58(18-5-1)76(59-19-6-2-7-20-59,60-21-8-3-9-22-60)61-46-44-56(45-47-61)73(54-38-31-50(32-39-54)51-33-42-57(43-34-51)74-68-28-13-10-23-62(68)63-24-11-14-29-69(63)74)55-40-35-52(36-41-55)53-37-48-65-67-27-16-26-66-64-25-12-15-30-70(64)75(72(66)67)71(65)49-53/h1-49H. The van der Waals surface area contributed by atoms with E-state index >= 15 is 0 Å². The van der Waals surface area contributed by atoms with E-state index < -0.39 is 8.07 Å². The molecule has 15 aromatic rings. The average Bonchev–Trinajstić information content (AvgIpc) is 4.24. The van der Waals surface area contributed by atoms with Gasteiger partial charge in [0.25, 0.3) is 0 Å². The van der Waals surface area contributed by atoms with Gasteiger partial charge in [-0.1, -0.05) is 224 Å². The number of nitrogens with zero attached hydrogens (tertiary/aromatic N) is 3. The van der Waals surface area contributed by atoms with Crippen LogP contribution in [0.5, 0.6) is 0 Å². The Morgan fingerprint density at radius 3 is 1.11 bits per heavy atom. The molecule has 3 aromatic heterocycles. The summed E-state index contributed by atoms with van der Waals surface area (Å²) < 4.78 is 4.84. The third-order valence-electron chi connectivity index (χ3n) is 16.0. The summed E-state index contributed by atoms with van der Waals surface area (Å²) in [5.41, 5.74) is 15.3. The Hall–Kier alpha value is -9.74. The van der Waals surface area contributed by atoms with E-state index in [9.17, 15) is 0 Å². The number of anilines is 3. The van der Waals surface area contributed by atoms with Crippen LogP contribution in [0.4, 0.5) is 17.1 Å². The van der Waals surface area contributed by atoms with Crippen molar-refractivity contribution in [3.8, 4) is 27.9 Å². The molecule has 3 nitrogen and oxygen atoms in total. The van der Waals surface area contributed by atoms with Crippen LogP contribution in [0, 0.1) is 0 Å². The van der Waals surface area contributed by atoms with Crippen molar-refractivity contribution in [2.45, 2.75) is 0 Å². The quantitative estimate of drug-likeness (QED) is 0.0983. The minimum absolute atomic E-state index is 1.09. The Bertz CT molecular complexity index is 4430. The maximum atomic E-state index is 2.47. The highest BCUT2D eigenvalue weighted by atomic mass is 28.3. The summed E-state index contributed by atoms with van der Waals surface area (Å²) in [5, 5.41) is 13.1. The zero-order valence-electron chi connectivity index (χ0n) is 41.6. The number of hydrogen-bond donors (Lipinski definition) is 0. The van der Waals surface area contributed by atoms with Crippen LogP contribution in [0.25, 0.3) is 87.8 Å². The highest BCUT2D eigenvalue weighted by Crippen LogP contribution is 2.42. The number of para-hydroxylation sites is 4. The molecule has 3 heterocycles. The van der Waals surface area contributed by atoms with Gasteiger partial charge in [-0.25, -0.2) is 0 Å². The van der Waals surface area contributed by atoms with E-state index in [4.69, 9.17) is 0 Å². The van der Waals surface area contributed by atoms with Crippen LogP contribution in [0.1, 0.15) is 0 Å². The first-order valence-electron chi connectivity index (χ1n) is 26.2. The van der Waals surface area contributed by atoms with Gasteiger partial charge >= 0.3 is 0 Å². The van der Waals surface area contributed by atoms with Crippen LogP contribution in [0.2, 0.25) is 0 Å². The lowest BCUT2D eigenvalue weighted by Gasteiger charge is -2.35. The second-order valence-electron chi connectivity index (χ2n) is 20.0. The van der Waals surface area contributed by atoms with Crippen molar-refractivity contribution in [1.82, 2.24) is 8.97 Å². The molecular weight excluding hydrogens is 935 g/mol. The third-order valence-corrected chi connectivity index (χ3v) is 20.8. The molecule has 0 unspecified atom stereocenters. The molecule has 76 heavy (non-hydrogen) atoms. The molecule has 4 heteroatoms. The van der Waals surface area contributed by atoms with Gasteiger partial charge in [-0.2, -0.15) is 0 Å². The summed E-state index contributed by atoms with van der Waals surface area (Å²) in [4.78, 5) is 2.40. The number of benzene rings is 12. The molecule has 0 aliphatic rings. The summed E-state index contributed by atoms with van der Waals surface area (Å²) in [7, 11) is -2.73. The molecule has 0 N–H and O–H groups in total. The van der Waals surface area contributed by atoms with Crippen LogP contribution < -0.4 is 25.6 Å². The smallest absolute Gasteiger partial charge is 0.179 e. The van der Waals surface area contributed by atoms with Crippen molar-refractivity contribution in [1.29, 1.82) is 0 Å². The fourth-order valence-corrected chi connectivity index (χ4v) is 17.3. The van der Waals surface area contributed by atoms with Gasteiger partial charge in [-0.05, 0) is 116 Å².